The van der Waals surface area contributed by atoms with Gasteiger partial charge in [0.25, 0.3) is 0 Å². The van der Waals surface area contributed by atoms with E-state index in [0.29, 0.717) is 12.1 Å². The molecule has 0 saturated heterocycles. The smallest absolute Gasteiger partial charge is 0.310 e. The van der Waals surface area contributed by atoms with Crippen molar-refractivity contribution < 1.29 is 13.2 Å². The molecule has 0 amide bonds. The van der Waals surface area contributed by atoms with Crippen LogP contribution in [-0.2, 0) is 5.41 Å². The zero-order valence-corrected chi connectivity index (χ0v) is 12.6. The number of benzene rings is 1. The molecule has 0 radical (unpaired) electrons. The van der Waals surface area contributed by atoms with Crippen molar-refractivity contribution in [1.82, 2.24) is 5.32 Å². The van der Waals surface area contributed by atoms with Gasteiger partial charge in [-0.15, -0.1) is 0 Å². The highest BCUT2D eigenvalue weighted by Gasteiger charge is 2.32. The van der Waals surface area contributed by atoms with Crippen LogP contribution >= 0.6 is 0 Å². The molecule has 1 rings (SSSR count). The Hall–Kier alpha value is -1.03. The highest BCUT2D eigenvalue weighted by molar-refractivity contribution is 5.29. The van der Waals surface area contributed by atoms with Crippen molar-refractivity contribution in [3.63, 3.8) is 0 Å². The molecule has 1 atom stereocenters. The molecule has 0 aliphatic carbocycles. The minimum absolute atomic E-state index is 0.00883. The molecule has 1 N–H and O–H groups in total. The Kier molecular flexibility index (Phi) is 5.63. The SMILES string of the molecule is CCCNC(CC(F)(F)F)c1ccc(C(C)(C)C)cc1. The van der Waals surface area contributed by atoms with Crippen LogP contribution in [0.3, 0.4) is 0 Å². The topological polar surface area (TPSA) is 12.0 Å². The standard InChI is InChI=1S/C16H24F3N/c1-5-10-20-14(11-16(17,18)19)12-6-8-13(9-7-12)15(2,3)4/h6-9,14,20H,5,10-11H2,1-4H3. The fraction of sp³-hybridized carbons (Fsp3) is 0.625. The van der Waals surface area contributed by atoms with Gasteiger partial charge in [0.2, 0.25) is 0 Å². The summed E-state index contributed by atoms with van der Waals surface area (Å²) in [6, 6.07) is 6.79. The van der Waals surface area contributed by atoms with Gasteiger partial charge in [0.1, 0.15) is 0 Å². The van der Waals surface area contributed by atoms with Crippen molar-refractivity contribution in [3.8, 4) is 0 Å². The van der Waals surface area contributed by atoms with Gasteiger partial charge in [-0.25, -0.2) is 0 Å². The molecule has 1 unspecified atom stereocenters. The Bertz CT molecular complexity index is 401. The van der Waals surface area contributed by atoms with E-state index in [1.54, 1.807) is 12.1 Å². The quantitative estimate of drug-likeness (QED) is 0.805. The molecule has 0 heterocycles. The summed E-state index contributed by atoms with van der Waals surface area (Å²) in [4.78, 5) is 0. The first-order valence-corrected chi connectivity index (χ1v) is 7.04. The summed E-state index contributed by atoms with van der Waals surface area (Å²) < 4.78 is 37.9. The van der Waals surface area contributed by atoms with Crippen molar-refractivity contribution in [3.05, 3.63) is 35.4 Å². The maximum absolute atomic E-state index is 12.6. The monoisotopic (exact) mass is 287 g/mol. The summed E-state index contributed by atoms with van der Waals surface area (Å²) in [5, 5.41) is 2.98. The molecule has 114 valence electrons. The third-order valence-corrected chi connectivity index (χ3v) is 3.26. The fourth-order valence-corrected chi connectivity index (χ4v) is 2.07. The zero-order valence-electron chi connectivity index (χ0n) is 12.6. The number of hydrogen-bond donors (Lipinski definition) is 1. The zero-order chi connectivity index (χ0) is 15.4. The van der Waals surface area contributed by atoms with E-state index in [-0.39, 0.29) is 5.41 Å². The predicted molar refractivity (Wildman–Crippen MR) is 76.8 cm³/mol. The average molecular weight is 287 g/mol. The van der Waals surface area contributed by atoms with E-state index in [2.05, 4.69) is 26.1 Å². The molecule has 0 bridgehead atoms. The summed E-state index contributed by atoms with van der Waals surface area (Å²) in [6.07, 6.45) is -4.18. The van der Waals surface area contributed by atoms with Crippen LogP contribution in [0.5, 0.6) is 0 Å². The van der Waals surface area contributed by atoms with Crippen LogP contribution < -0.4 is 5.32 Å². The first-order valence-electron chi connectivity index (χ1n) is 7.04. The minimum Gasteiger partial charge on any atom is -0.310 e. The lowest BCUT2D eigenvalue weighted by Crippen LogP contribution is -2.27. The average Bonchev–Trinajstić information content (AvgIpc) is 2.32. The number of hydrogen-bond acceptors (Lipinski definition) is 1. The van der Waals surface area contributed by atoms with Crippen LogP contribution in [0.4, 0.5) is 13.2 Å². The molecular formula is C16H24F3N. The lowest BCUT2D eigenvalue weighted by molar-refractivity contribution is -0.140. The maximum atomic E-state index is 12.6. The number of alkyl halides is 3. The largest absolute Gasteiger partial charge is 0.390 e. The van der Waals surface area contributed by atoms with Crippen molar-refractivity contribution in [2.45, 2.75) is 58.2 Å². The summed E-state index contributed by atoms with van der Waals surface area (Å²) in [5.74, 6) is 0. The molecule has 4 heteroatoms. The van der Waals surface area contributed by atoms with E-state index in [9.17, 15) is 13.2 Å². The lowest BCUT2D eigenvalue weighted by Gasteiger charge is -2.23. The van der Waals surface area contributed by atoms with Gasteiger partial charge in [0.05, 0.1) is 6.42 Å². The highest BCUT2D eigenvalue weighted by atomic mass is 19.4. The molecule has 0 aliphatic rings. The van der Waals surface area contributed by atoms with Gasteiger partial charge >= 0.3 is 6.18 Å². The Morgan fingerprint density at radius 1 is 1.05 bits per heavy atom. The first kappa shape index (κ1) is 17.0. The van der Waals surface area contributed by atoms with E-state index in [4.69, 9.17) is 0 Å². The van der Waals surface area contributed by atoms with Gasteiger partial charge in [-0.05, 0) is 29.5 Å². The minimum atomic E-state index is -4.16. The second-order valence-corrected chi connectivity index (χ2v) is 6.20. The highest BCUT2D eigenvalue weighted by Crippen LogP contribution is 2.31. The van der Waals surface area contributed by atoms with Crippen LogP contribution in [0.1, 0.15) is 57.7 Å². The van der Waals surface area contributed by atoms with Gasteiger partial charge in [0, 0.05) is 6.04 Å². The summed E-state index contributed by atoms with van der Waals surface area (Å²) in [7, 11) is 0. The molecule has 1 nitrogen and oxygen atoms in total. The third kappa shape index (κ3) is 5.53. The number of rotatable bonds is 5. The molecule has 0 fully saturated rings. The first-order chi connectivity index (χ1) is 9.13. The summed E-state index contributed by atoms with van der Waals surface area (Å²) in [6.45, 7) is 8.79. The van der Waals surface area contributed by atoms with Gasteiger partial charge in [-0.1, -0.05) is 52.0 Å². The van der Waals surface area contributed by atoms with Crippen molar-refractivity contribution in [2.75, 3.05) is 6.54 Å². The van der Waals surface area contributed by atoms with Gasteiger partial charge in [-0.3, -0.25) is 0 Å². The Morgan fingerprint density at radius 2 is 1.60 bits per heavy atom. The Morgan fingerprint density at radius 3 is 2.00 bits per heavy atom. The van der Waals surface area contributed by atoms with Gasteiger partial charge in [-0.2, -0.15) is 13.2 Å². The van der Waals surface area contributed by atoms with Crippen LogP contribution in [0.25, 0.3) is 0 Å². The molecule has 0 aromatic heterocycles. The molecular weight excluding hydrogens is 263 g/mol. The van der Waals surface area contributed by atoms with Crippen LogP contribution in [0.2, 0.25) is 0 Å². The summed E-state index contributed by atoms with van der Waals surface area (Å²) in [5.41, 5.74) is 1.83. The second kappa shape index (κ2) is 6.61. The number of nitrogens with one attached hydrogen (secondary N) is 1. The van der Waals surface area contributed by atoms with Crippen LogP contribution in [-0.4, -0.2) is 12.7 Å². The molecule has 0 aliphatic heterocycles. The third-order valence-electron chi connectivity index (χ3n) is 3.26. The molecule has 0 saturated carbocycles. The second-order valence-electron chi connectivity index (χ2n) is 6.20. The van der Waals surface area contributed by atoms with E-state index in [0.717, 1.165) is 12.0 Å². The van der Waals surface area contributed by atoms with Crippen LogP contribution in [0.15, 0.2) is 24.3 Å². The lowest BCUT2D eigenvalue weighted by atomic mass is 9.86. The van der Waals surface area contributed by atoms with Crippen LogP contribution in [0, 0.1) is 0 Å². The van der Waals surface area contributed by atoms with Crippen molar-refractivity contribution in [2.24, 2.45) is 0 Å². The van der Waals surface area contributed by atoms with E-state index in [1.807, 2.05) is 19.1 Å². The fourth-order valence-electron chi connectivity index (χ4n) is 2.07. The molecule has 1 aromatic carbocycles. The van der Waals surface area contributed by atoms with Crippen molar-refractivity contribution in [1.29, 1.82) is 0 Å². The predicted octanol–water partition coefficient (Wildman–Crippen LogP) is 4.98. The Balaban J connectivity index is 2.90. The molecule has 0 spiro atoms. The number of halogens is 3. The van der Waals surface area contributed by atoms with Gasteiger partial charge in [0.15, 0.2) is 0 Å². The Labute approximate surface area is 119 Å². The summed E-state index contributed by atoms with van der Waals surface area (Å²) >= 11 is 0. The molecule has 1 aromatic rings. The van der Waals surface area contributed by atoms with Crippen molar-refractivity contribution >= 4 is 0 Å². The normalized spacial score (nSPS) is 14.3. The maximum Gasteiger partial charge on any atom is 0.390 e. The van der Waals surface area contributed by atoms with E-state index < -0.39 is 18.6 Å². The van der Waals surface area contributed by atoms with E-state index >= 15 is 0 Å². The van der Waals surface area contributed by atoms with E-state index in [1.165, 1.54) is 0 Å². The molecule has 20 heavy (non-hydrogen) atoms. The van der Waals surface area contributed by atoms with Gasteiger partial charge < -0.3 is 5.32 Å².